The van der Waals surface area contributed by atoms with Crippen LogP contribution in [0.25, 0.3) is 17.3 Å². The molecule has 9 heteroatoms. The largest absolute Gasteiger partial charge is 0.435 e. The topological polar surface area (TPSA) is 71.5 Å². The molecule has 2 amide bonds. The lowest BCUT2D eigenvalue weighted by atomic mass is 9.96. The highest BCUT2D eigenvalue weighted by Gasteiger charge is 2.27. The number of piperidine rings is 1. The van der Waals surface area contributed by atoms with Gasteiger partial charge < -0.3 is 15.0 Å². The van der Waals surface area contributed by atoms with Gasteiger partial charge in [-0.15, -0.1) is 11.3 Å². The summed E-state index contributed by atoms with van der Waals surface area (Å²) in [6.45, 7) is 0.0508. The summed E-state index contributed by atoms with van der Waals surface area (Å²) in [5.74, 6) is -0.295. The van der Waals surface area contributed by atoms with E-state index in [0.29, 0.717) is 36.8 Å². The number of aryl methyl sites for hydroxylation is 1. The van der Waals surface area contributed by atoms with Gasteiger partial charge in [0.05, 0.1) is 5.69 Å². The van der Waals surface area contributed by atoms with Crippen molar-refractivity contribution in [2.45, 2.75) is 26.4 Å². The lowest BCUT2D eigenvalue weighted by Gasteiger charge is -2.30. The van der Waals surface area contributed by atoms with E-state index in [4.69, 9.17) is 0 Å². The Morgan fingerprint density at radius 1 is 1.11 bits per heavy atom. The van der Waals surface area contributed by atoms with E-state index in [2.05, 4.69) is 15.0 Å². The van der Waals surface area contributed by atoms with Gasteiger partial charge in [0.2, 0.25) is 11.8 Å². The highest BCUT2D eigenvalue weighted by Crippen LogP contribution is 2.32. The molecule has 3 aromatic rings. The number of amides is 2. The van der Waals surface area contributed by atoms with Crippen LogP contribution in [0.5, 0.6) is 5.75 Å². The van der Waals surface area contributed by atoms with Gasteiger partial charge in [-0.1, -0.05) is 30.3 Å². The molecule has 1 aliphatic rings. The van der Waals surface area contributed by atoms with Crippen molar-refractivity contribution in [1.29, 1.82) is 0 Å². The zero-order valence-electron chi connectivity index (χ0n) is 19.1. The molecule has 1 fully saturated rings. The number of aromatic nitrogens is 1. The highest BCUT2D eigenvalue weighted by atomic mass is 32.1. The van der Waals surface area contributed by atoms with Gasteiger partial charge in [0.15, 0.2) is 5.13 Å². The van der Waals surface area contributed by atoms with Crippen molar-refractivity contribution in [2.24, 2.45) is 5.92 Å². The van der Waals surface area contributed by atoms with Crippen LogP contribution in [0.1, 0.15) is 23.3 Å². The Morgan fingerprint density at radius 2 is 1.80 bits per heavy atom. The number of carbonyl (C=O) groups excluding carboxylic acids is 2. The van der Waals surface area contributed by atoms with E-state index in [1.165, 1.54) is 23.5 Å². The van der Waals surface area contributed by atoms with Crippen molar-refractivity contribution >= 4 is 34.4 Å². The second kappa shape index (κ2) is 11.2. The van der Waals surface area contributed by atoms with E-state index in [0.717, 1.165) is 16.0 Å². The maximum Gasteiger partial charge on any atom is 0.387 e. The average molecular weight is 498 g/mol. The van der Waals surface area contributed by atoms with E-state index < -0.39 is 6.61 Å². The van der Waals surface area contributed by atoms with E-state index in [9.17, 15) is 18.4 Å². The minimum Gasteiger partial charge on any atom is -0.435 e. The highest BCUT2D eigenvalue weighted by molar-refractivity contribution is 7.16. The SMILES string of the molecule is Cc1sc(NC(=O)C2CCN(C(=O)/C=C/c3ccccc3)CC2)nc1-c1ccc(OC(F)F)cc1. The fourth-order valence-corrected chi connectivity index (χ4v) is 4.76. The Bertz CT molecular complexity index is 1190. The van der Waals surface area contributed by atoms with Crippen molar-refractivity contribution in [2.75, 3.05) is 18.4 Å². The second-order valence-electron chi connectivity index (χ2n) is 8.16. The van der Waals surface area contributed by atoms with E-state index >= 15 is 0 Å². The number of nitrogens with one attached hydrogen (secondary N) is 1. The molecule has 0 aliphatic carbocycles. The van der Waals surface area contributed by atoms with Crippen LogP contribution < -0.4 is 10.1 Å². The fraction of sp³-hybridized carbons (Fsp3) is 0.269. The number of alkyl halides is 2. The molecular formula is C26H25F2N3O3S. The number of halogens is 2. The summed E-state index contributed by atoms with van der Waals surface area (Å²) in [6.07, 6.45) is 4.53. The third-order valence-electron chi connectivity index (χ3n) is 5.78. The van der Waals surface area contributed by atoms with Crippen LogP contribution in [0.2, 0.25) is 0 Å². The normalized spacial score (nSPS) is 14.5. The predicted octanol–water partition coefficient (Wildman–Crippen LogP) is 5.61. The van der Waals surface area contributed by atoms with Crippen molar-refractivity contribution in [3.63, 3.8) is 0 Å². The molecule has 1 aliphatic heterocycles. The molecule has 1 aromatic heterocycles. The number of rotatable bonds is 7. The van der Waals surface area contributed by atoms with Gasteiger partial charge in [0.25, 0.3) is 0 Å². The molecule has 6 nitrogen and oxygen atoms in total. The molecule has 0 atom stereocenters. The molecule has 0 unspecified atom stereocenters. The molecule has 2 heterocycles. The number of ether oxygens (including phenoxy) is 1. The summed E-state index contributed by atoms with van der Waals surface area (Å²) in [5.41, 5.74) is 2.39. The molecule has 1 saturated heterocycles. The lowest BCUT2D eigenvalue weighted by molar-refractivity contribution is -0.130. The number of hydrogen-bond acceptors (Lipinski definition) is 5. The molecule has 4 rings (SSSR count). The Labute approximate surface area is 206 Å². The maximum atomic E-state index is 12.8. The van der Waals surface area contributed by atoms with Gasteiger partial charge in [0.1, 0.15) is 5.75 Å². The van der Waals surface area contributed by atoms with Crippen molar-refractivity contribution in [3.05, 3.63) is 71.1 Å². The Morgan fingerprint density at radius 3 is 2.46 bits per heavy atom. The van der Waals surface area contributed by atoms with Gasteiger partial charge in [0, 0.05) is 35.5 Å². The van der Waals surface area contributed by atoms with Crippen LogP contribution in [0.4, 0.5) is 13.9 Å². The van der Waals surface area contributed by atoms with Crippen molar-refractivity contribution < 1.29 is 23.1 Å². The van der Waals surface area contributed by atoms with Gasteiger partial charge in [-0.05, 0) is 55.7 Å². The number of thiazole rings is 1. The quantitative estimate of drug-likeness (QED) is 0.431. The Hall–Kier alpha value is -3.59. The van der Waals surface area contributed by atoms with Crippen LogP contribution in [-0.2, 0) is 9.59 Å². The van der Waals surface area contributed by atoms with Crippen LogP contribution in [-0.4, -0.2) is 41.4 Å². The lowest BCUT2D eigenvalue weighted by Crippen LogP contribution is -2.40. The van der Waals surface area contributed by atoms with Crippen molar-refractivity contribution in [1.82, 2.24) is 9.88 Å². The van der Waals surface area contributed by atoms with Crippen LogP contribution >= 0.6 is 11.3 Å². The zero-order chi connectivity index (χ0) is 24.8. The van der Waals surface area contributed by atoms with Crippen LogP contribution in [0.15, 0.2) is 60.7 Å². The summed E-state index contributed by atoms with van der Waals surface area (Å²) in [4.78, 5) is 32.5. The summed E-state index contributed by atoms with van der Waals surface area (Å²) in [5, 5.41) is 3.38. The van der Waals surface area contributed by atoms with Gasteiger partial charge in [-0.2, -0.15) is 8.78 Å². The number of anilines is 1. The molecule has 1 N–H and O–H groups in total. The molecule has 35 heavy (non-hydrogen) atoms. The summed E-state index contributed by atoms with van der Waals surface area (Å²) >= 11 is 1.36. The Kier molecular flexibility index (Phi) is 7.87. The number of hydrogen-bond donors (Lipinski definition) is 1. The van der Waals surface area contributed by atoms with Crippen molar-refractivity contribution in [3.8, 4) is 17.0 Å². The smallest absolute Gasteiger partial charge is 0.387 e. The molecule has 0 spiro atoms. The first-order valence-corrected chi connectivity index (χ1v) is 12.1. The number of nitrogens with zero attached hydrogens (tertiary/aromatic N) is 2. The zero-order valence-corrected chi connectivity index (χ0v) is 19.9. The monoisotopic (exact) mass is 497 g/mol. The first kappa shape index (κ1) is 24.5. The summed E-state index contributed by atoms with van der Waals surface area (Å²) < 4.78 is 29.1. The molecule has 0 radical (unpaired) electrons. The second-order valence-corrected chi connectivity index (χ2v) is 9.36. The Balaban J connectivity index is 1.30. The minimum absolute atomic E-state index is 0.0575. The minimum atomic E-state index is -2.88. The van der Waals surface area contributed by atoms with Crippen LogP contribution in [0.3, 0.4) is 0 Å². The molecule has 182 valence electrons. The van der Waals surface area contributed by atoms with E-state index in [-0.39, 0.29) is 23.5 Å². The molecule has 2 aromatic carbocycles. The van der Waals surface area contributed by atoms with Gasteiger partial charge in [-0.25, -0.2) is 4.98 Å². The van der Waals surface area contributed by atoms with E-state index in [1.54, 1.807) is 29.2 Å². The summed E-state index contributed by atoms with van der Waals surface area (Å²) in [7, 11) is 0. The molecular weight excluding hydrogens is 472 g/mol. The third kappa shape index (κ3) is 6.51. The average Bonchev–Trinajstić information content (AvgIpc) is 3.23. The van der Waals surface area contributed by atoms with Gasteiger partial charge >= 0.3 is 6.61 Å². The maximum absolute atomic E-state index is 12.8. The number of carbonyl (C=O) groups is 2. The first-order valence-electron chi connectivity index (χ1n) is 11.2. The number of benzene rings is 2. The third-order valence-corrected chi connectivity index (χ3v) is 6.66. The van der Waals surface area contributed by atoms with E-state index in [1.807, 2.05) is 37.3 Å². The standard InChI is InChI=1S/C26H25F2N3O3S/c1-17-23(19-8-10-21(11-9-19)34-25(27)28)29-26(35-17)30-24(33)20-13-15-31(16-14-20)22(32)12-7-18-5-3-2-4-6-18/h2-12,20,25H,13-16H2,1H3,(H,29,30,33)/b12-7+. The van der Waals surface area contributed by atoms with Crippen LogP contribution in [0, 0.1) is 12.8 Å². The molecule has 0 saturated carbocycles. The van der Waals surface area contributed by atoms with Gasteiger partial charge in [-0.3, -0.25) is 9.59 Å². The predicted molar refractivity (Wildman–Crippen MR) is 132 cm³/mol. The molecule has 0 bridgehead atoms. The first-order chi connectivity index (χ1) is 16.9. The summed E-state index contributed by atoms with van der Waals surface area (Å²) in [6, 6.07) is 15.9. The fourth-order valence-electron chi connectivity index (χ4n) is 3.92. The number of likely N-dealkylation sites (tertiary alicyclic amines) is 1.